The number of aryl methyl sites for hydroxylation is 1. The van der Waals surface area contributed by atoms with E-state index in [0.717, 1.165) is 37.5 Å². The molecule has 0 atom stereocenters. The molecule has 5 aromatic rings. The number of rotatable bonds is 9. The number of hydrogen-bond acceptors (Lipinski definition) is 1. The third-order valence-electron chi connectivity index (χ3n) is 7.49. The first-order valence-electron chi connectivity index (χ1n) is 14.8. The van der Waals surface area contributed by atoms with Crippen molar-refractivity contribution in [2.45, 2.75) is 38.7 Å². The first-order chi connectivity index (χ1) is 22.9. The predicted octanol–water partition coefficient (Wildman–Crippen LogP) is 11.3. The Balaban J connectivity index is 1.29. The van der Waals surface area contributed by atoms with E-state index in [2.05, 4.69) is 16.6 Å². The number of benzene rings is 5. The number of ether oxygens (including phenoxy) is 1. The largest absolute Gasteiger partial charge is 0.429 e. The number of halogens is 9. The Hall–Kier alpha value is -5.17. The molecule has 0 N–H and O–H groups in total. The van der Waals surface area contributed by atoms with E-state index in [-0.39, 0.29) is 11.1 Å². The summed E-state index contributed by atoms with van der Waals surface area (Å²) in [6.07, 6.45) is -1.09. The van der Waals surface area contributed by atoms with Crippen LogP contribution in [0.4, 0.5) is 39.5 Å². The van der Waals surface area contributed by atoms with E-state index >= 15 is 0 Å². The zero-order valence-electron chi connectivity index (χ0n) is 25.2. The van der Waals surface area contributed by atoms with Gasteiger partial charge in [-0.1, -0.05) is 61.9 Å². The Morgan fingerprint density at radius 1 is 0.583 bits per heavy atom. The molecule has 10 heteroatoms. The molecule has 0 fully saturated rings. The molecule has 0 saturated heterocycles. The average molecular weight is 669 g/mol. The molecule has 0 heterocycles. The Morgan fingerprint density at radius 2 is 1.21 bits per heavy atom. The highest BCUT2D eigenvalue weighted by atomic mass is 19.3. The van der Waals surface area contributed by atoms with Crippen molar-refractivity contribution in [1.82, 2.24) is 0 Å². The van der Waals surface area contributed by atoms with Gasteiger partial charge in [-0.25, -0.2) is 30.7 Å². The van der Waals surface area contributed by atoms with Gasteiger partial charge in [-0.05, 0) is 77.6 Å². The second kappa shape index (κ2) is 14.3. The van der Waals surface area contributed by atoms with Crippen molar-refractivity contribution in [1.29, 1.82) is 0 Å². The Kier molecular flexibility index (Phi) is 10.2. The standard InChI is InChI=1S/C38H25F9O/c1-2-3-4-5-23-9-15-30(34(42)16-23)38(46,47)48-27-20-32(40)29(33(41)21-27)13-8-22-6-10-24(11-7-22)25-12-14-28(31(39)17-25)26-18-35(43)37(45)36(44)19-26/h6-7,9-12,14-21H,2-5H2,1H3. The van der Waals surface area contributed by atoms with E-state index in [9.17, 15) is 39.5 Å². The fraction of sp³-hybridized carbons (Fsp3) is 0.158. The van der Waals surface area contributed by atoms with Crippen LogP contribution in [0.3, 0.4) is 0 Å². The summed E-state index contributed by atoms with van der Waals surface area (Å²) in [6, 6.07) is 15.6. The van der Waals surface area contributed by atoms with E-state index in [1.54, 1.807) is 0 Å². The minimum Gasteiger partial charge on any atom is -0.429 e. The summed E-state index contributed by atoms with van der Waals surface area (Å²) in [5.41, 5.74) is -0.411. The molecule has 5 aromatic carbocycles. The normalized spacial score (nSPS) is 11.3. The quantitative estimate of drug-likeness (QED) is 0.0658. The van der Waals surface area contributed by atoms with Gasteiger partial charge in [-0.15, -0.1) is 0 Å². The van der Waals surface area contributed by atoms with Gasteiger partial charge in [0.25, 0.3) is 0 Å². The molecule has 0 saturated carbocycles. The fourth-order valence-electron chi connectivity index (χ4n) is 4.98. The van der Waals surface area contributed by atoms with Crippen molar-refractivity contribution >= 4 is 0 Å². The Morgan fingerprint density at radius 3 is 1.81 bits per heavy atom. The lowest BCUT2D eigenvalue weighted by atomic mass is 9.98. The molecule has 0 spiro atoms. The van der Waals surface area contributed by atoms with Crippen molar-refractivity contribution in [3.8, 4) is 39.8 Å². The SMILES string of the molecule is CCCCCc1ccc(C(F)(F)Oc2cc(F)c(C#Cc3ccc(-c4ccc(-c5cc(F)c(F)c(F)c5)c(F)c4)cc3)c(F)c2)c(F)c1. The molecular formula is C38H25F9O. The first kappa shape index (κ1) is 34.2. The van der Waals surface area contributed by atoms with Gasteiger partial charge in [-0.3, -0.25) is 0 Å². The van der Waals surface area contributed by atoms with Gasteiger partial charge in [0.1, 0.15) is 29.0 Å². The van der Waals surface area contributed by atoms with Crippen LogP contribution in [0.15, 0.2) is 84.9 Å². The second-order valence-corrected chi connectivity index (χ2v) is 10.9. The lowest BCUT2D eigenvalue weighted by Crippen LogP contribution is -2.23. The molecule has 0 aliphatic heterocycles. The summed E-state index contributed by atoms with van der Waals surface area (Å²) in [7, 11) is 0. The van der Waals surface area contributed by atoms with Crippen LogP contribution in [0.5, 0.6) is 5.75 Å². The lowest BCUT2D eigenvalue weighted by molar-refractivity contribution is -0.187. The van der Waals surface area contributed by atoms with Crippen LogP contribution in [0.25, 0.3) is 22.3 Å². The maximum atomic E-state index is 14.8. The topological polar surface area (TPSA) is 9.23 Å². The van der Waals surface area contributed by atoms with E-state index in [1.165, 1.54) is 42.5 Å². The highest BCUT2D eigenvalue weighted by Gasteiger charge is 2.38. The predicted molar refractivity (Wildman–Crippen MR) is 164 cm³/mol. The zero-order valence-corrected chi connectivity index (χ0v) is 25.2. The third kappa shape index (κ3) is 7.68. The Labute approximate surface area is 270 Å². The smallest absolute Gasteiger partial charge is 0.429 e. The number of hydrogen-bond donors (Lipinski definition) is 0. The summed E-state index contributed by atoms with van der Waals surface area (Å²) in [5, 5.41) is 0. The molecule has 0 amide bonds. The van der Waals surface area contributed by atoms with Crippen LogP contribution in [0.2, 0.25) is 0 Å². The molecule has 0 aliphatic carbocycles. The Bertz CT molecular complexity index is 1980. The maximum absolute atomic E-state index is 14.8. The third-order valence-corrected chi connectivity index (χ3v) is 7.49. The molecule has 0 unspecified atom stereocenters. The molecule has 0 aromatic heterocycles. The molecule has 0 radical (unpaired) electrons. The summed E-state index contributed by atoms with van der Waals surface area (Å²) < 4.78 is 134. The first-order valence-corrected chi connectivity index (χ1v) is 14.8. The molecule has 1 nitrogen and oxygen atoms in total. The van der Waals surface area contributed by atoms with Crippen molar-refractivity contribution < 1.29 is 44.3 Å². The van der Waals surface area contributed by atoms with E-state index in [4.69, 9.17) is 0 Å². The van der Waals surface area contributed by atoms with E-state index in [1.807, 2.05) is 6.92 Å². The van der Waals surface area contributed by atoms with Crippen LogP contribution in [0.1, 0.15) is 48.4 Å². The zero-order chi connectivity index (χ0) is 34.6. The monoisotopic (exact) mass is 668 g/mol. The molecule has 0 aliphatic rings. The van der Waals surface area contributed by atoms with Crippen LogP contribution in [-0.4, -0.2) is 0 Å². The maximum Gasteiger partial charge on any atom is 0.429 e. The van der Waals surface area contributed by atoms with Crippen LogP contribution < -0.4 is 4.74 Å². The van der Waals surface area contributed by atoms with Crippen molar-refractivity contribution in [3.63, 3.8) is 0 Å². The van der Waals surface area contributed by atoms with Gasteiger partial charge < -0.3 is 4.74 Å². The van der Waals surface area contributed by atoms with Gasteiger partial charge in [0, 0.05) is 23.3 Å². The minimum absolute atomic E-state index is 0.151. The summed E-state index contributed by atoms with van der Waals surface area (Å²) in [6.45, 7) is 2.00. The van der Waals surface area contributed by atoms with E-state index in [0.29, 0.717) is 52.9 Å². The van der Waals surface area contributed by atoms with Gasteiger partial charge in [-0.2, -0.15) is 8.78 Å². The van der Waals surface area contributed by atoms with Crippen molar-refractivity contribution in [3.05, 3.63) is 148 Å². The van der Waals surface area contributed by atoms with Crippen LogP contribution in [0, 0.1) is 52.6 Å². The molecule has 0 bridgehead atoms. The van der Waals surface area contributed by atoms with Crippen LogP contribution in [-0.2, 0) is 12.5 Å². The van der Waals surface area contributed by atoms with Crippen molar-refractivity contribution in [2.75, 3.05) is 0 Å². The van der Waals surface area contributed by atoms with Gasteiger partial charge in [0.15, 0.2) is 17.5 Å². The van der Waals surface area contributed by atoms with Gasteiger partial charge >= 0.3 is 6.11 Å². The summed E-state index contributed by atoms with van der Waals surface area (Å²) >= 11 is 0. The molecular weight excluding hydrogens is 643 g/mol. The summed E-state index contributed by atoms with van der Waals surface area (Å²) in [4.78, 5) is 0. The lowest BCUT2D eigenvalue weighted by Gasteiger charge is -2.19. The highest BCUT2D eigenvalue weighted by molar-refractivity contribution is 5.71. The number of unbranched alkanes of at least 4 members (excludes halogenated alkanes) is 2. The average Bonchev–Trinajstić information content (AvgIpc) is 3.03. The molecule has 48 heavy (non-hydrogen) atoms. The highest BCUT2D eigenvalue weighted by Crippen LogP contribution is 2.35. The molecule has 246 valence electrons. The van der Waals surface area contributed by atoms with Gasteiger partial charge in [0.05, 0.1) is 11.1 Å². The van der Waals surface area contributed by atoms with Crippen LogP contribution >= 0.6 is 0 Å². The van der Waals surface area contributed by atoms with Crippen molar-refractivity contribution in [2.24, 2.45) is 0 Å². The molecule has 5 rings (SSSR count). The van der Waals surface area contributed by atoms with E-state index < -0.39 is 63.7 Å². The second-order valence-electron chi connectivity index (χ2n) is 10.9. The fourth-order valence-corrected chi connectivity index (χ4v) is 4.98. The number of alkyl halides is 2. The summed E-state index contributed by atoms with van der Waals surface area (Å²) in [5.74, 6) is -5.17. The van der Waals surface area contributed by atoms with Gasteiger partial charge in [0.2, 0.25) is 0 Å². The minimum atomic E-state index is -4.22.